The van der Waals surface area contributed by atoms with Crippen LogP contribution in [0.2, 0.25) is 0 Å². The van der Waals surface area contributed by atoms with Crippen molar-refractivity contribution < 1.29 is 0 Å². The van der Waals surface area contributed by atoms with Gasteiger partial charge >= 0.3 is 0 Å². The molecule has 0 amide bonds. The SMILES string of the molecule is Cl[Si]#[Si]Cl. The Balaban J connectivity index is 2.83. The molecule has 0 aromatic heterocycles. The van der Waals surface area contributed by atoms with Crippen LogP contribution in [0, 0.1) is 0 Å². The molecule has 4 heavy (non-hydrogen) atoms. The van der Waals surface area contributed by atoms with Gasteiger partial charge in [-0.1, -0.05) is 22.2 Å². The van der Waals surface area contributed by atoms with Crippen molar-refractivity contribution in [2.75, 3.05) is 0 Å². The van der Waals surface area contributed by atoms with E-state index in [4.69, 9.17) is 22.2 Å². The molecule has 0 aromatic carbocycles. The van der Waals surface area contributed by atoms with E-state index >= 15 is 0 Å². The van der Waals surface area contributed by atoms with Crippen molar-refractivity contribution in [3.05, 3.63) is 0 Å². The van der Waals surface area contributed by atoms with E-state index in [1.165, 1.54) is 0 Å². The number of rotatable bonds is 0. The third kappa shape index (κ3) is 3.01. The van der Waals surface area contributed by atoms with Crippen LogP contribution in [0.4, 0.5) is 0 Å². The summed E-state index contributed by atoms with van der Waals surface area (Å²) in [7, 11) is 0.812. The zero-order valence-electron chi connectivity index (χ0n) is 1.76. The summed E-state index contributed by atoms with van der Waals surface area (Å²) in [5.41, 5.74) is 0. The lowest BCUT2D eigenvalue weighted by molar-refractivity contribution is 4.46. The fraction of sp³-hybridized carbons (Fsp3) is 0. The van der Waals surface area contributed by atoms with E-state index in [2.05, 4.69) is 0 Å². The maximum Gasteiger partial charge on any atom is 0.0845 e. The van der Waals surface area contributed by atoms with Crippen molar-refractivity contribution in [1.29, 1.82) is 0 Å². The Morgan fingerprint density at radius 1 is 1.00 bits per heavy atom. The van der Waals surface area contributed by atoms with Crippen molar-refractivity contribution in [1.82, 2.24) is 0 Å². The Morgan fingerprint density at radius 3 is 1.25 bits per heavy atom. The van der Waals surface area contributed by atoms with Gasteiger partial charge < -0.3 is 0 Å². The average Bonchev–Trinajstić information content (AvgIpc) is 1.37. The fourth-order valence-electron chi connectivity index (χ4n) is 0. The molecule has 4 heteroatoms. The standard InChI is InChI=1S/Cl2Si2/c1-3-4-2. The highest BCUT2D eigenvalue weighted by Crippen LogP contribution is 1.47. The second kappa shape index (κ2) is 4.01. The van der Waals surface area contributed by atoms with E-state index in [1.54, 1.807) is 0 Å². The monoisotopic (exact) mass is 126 g/mol. The molecule has 0 saturated heterocycles. The first-order chi connectivity index (χ1) is 1.91. The summed E-state index contributed by atoms with van der Waals surface area (Å²) in [6.45, 7) is 0. The van der Waals surface area contributed by atoms with E-state index in [0.29, 0.717) is 15.5 Å². The zero-order valence-corrected chi connectivity index (χ0v) is 5.27. The summed E-state index contributed by atoms with van der Waals surface area (Å²) in [6, 6.07) is 0. The van der Waals surface area contributed by atoms with Crippen LogP contribution in [-0.4, -0.2) is 15.5 Å². The lowest BCUT2D eigenvalue weighted by atomic mass is 27.4. The second-order valence-electron chi connectivity index (χ2n) is 0.189. The summed E-state index contributed by atoms with van der Waals surface area (Å²) < 4.78 is 0. The molecule has 0 unspecified atom stereocenters. The first-order valence-corrected chi connectivity index (χ1v) is 5.65. The van der Waals surface area contributed by atoms with E-state index in [9.17, 15) is 0 Å². The quantitative estimate of drug-likeness (QED) is 0.330. The van der Waals surface area contributed by atoms with Gasteiger partial charge in [0.05, 0.1) is 15.5 Å². The lowest BCUT2D eigenvalue weighted by Gasteiger charge is -1.31. The molecule has 0 spiro atoms. The van der Waals surface area contributed by atoms with Crippen LogP contribution < -0.4 is 0 Å². The summed E-state index contributed by atoms with van der Waals surface area (Å²) in [5.74, 6) is 0. The number of hydrogen-bond donors (Lipinski definition) is 0. The summed E-state index contributed by atoms with van der Waals surface area (Å²) in [5, 5.41) is 0. The molecular weight excluding hydrogens is 127 g/mol. The van der Waals surface area contributed by atoms with Crippen LogP contribution in [0.25, 0.3) is 0 Å². The largest absolute Gasteiger partial charge is 0.0845 e. The maximum absolute atomic E-state index is 5.09. The molecule has 0 saturated carbocycles. The van der Waals surface area contributed by atoms with Gasteiger partial charge in [-0.05, 0) is 0 Å². The zero-order chi connectivity index (χ0) is 3.41. The van der Waals surface area contributed by atoms with Crippen LogP contribution in [0.1, 0.15) is 0 Å². The van der Waals surface area contributed by atoms with E-state index in [0.717, 1.165) is 0 Å². The molecule has 22 valence electrons. The van der Waals surface area contributed by atoms with Crippen molar-refractivity contribution >= 4 is 37.6 Å². The molecule has 0 aliphatic heterocycles. The van der Waals surface area contributed by atoms with E-state index in [-0.39, 0.29) is 0 Å². The molecule has 0 atom stereocenters. The van der Waals surface area contributed by atoms with Gasteiger partial charge in [-0.3, -0.25) is 0 Å². The van der Waals surface area contributed by atoms with Gasteiger partial charge in [0.2, 0.25) is 0 Å². The summed E-state index contributed by atoms with van der Waals surface area (Å²) >= 11 is 10.2. The van der Waals surface area contributed by atoms with Crippen LogP contribution in [0.5, 0.6) is 0 Å². The van der Waals surface area contributed by atoms with Gasteiger partial charge in [-0.25, -0.2) is 0 Å². The number of hydrogen-bond acceptors (Lipinski definition) is 0. The molecule has 0 aromatic rings. The highest BCUT2D eigenvalue weighted by Gasteiger charge is 1.36. The van der Waals surface area contributed by atoms with Gasteiger partial charge in [0.25, 0.3) is 0 Å². The Bertz CT molecular complexity index is 40.8. The number of halogens is 2. The van der Waals surface area contributed by atoms with Gasteiger partial charge in [0.15, 0.2) is 0 Å². The van der Waals surface area contributed by atoms with Crippen LogP contribution >= 0.6 is 22.2 Å². The van der Waals surface area contributed by atoms with Gasteiger partial charge in [0, 0.05) is 0 Å². The molecule has 0 aliphatic carbocycles. The molecule has 0 fully saturated rings. The Hall–Kier alpha value is 1.01. The minimum Gasteiger partial charge on any atom is -0.0845 e. The summed E-state index contributed by atoms with van der Waals surface area (Å²) in [4.78, 5) is 0. The predicted octanol–water partition coefficient (Wildman–Crippen LogP) is 0.617. The van der Waals surface area contributed by atoms with Gasteiger partial charge in [0.1, 0.15) is 0 Å². The highest BCUT2D eigenvalue weighted by molar-refractivity contribution is 7.12. The topological polar surface area (TPSA) is 0 Å². The van der Waals surface area contributed by atoms with Crippen molar-refractivity contribution in [2.45, 2.75) is 0 Å². The van der Waals surface area contributed by atoms with Crippen molar-refractivity contribution in [2.24, 2.45) is 0 Å². The third-order valence-electron chi connectivity index (χ3n) is 0.0357. The molecule has 0 nitrogen and oxygen atoms in total. The Morgan fingerprint density at radius 2 is 1.25 bits per heavy atom. The first kappa shape index (κ1) is 5.01. The minimum absolute atomic E-state index is 0.406. The average molecular weight is 127 g/mol. The van der Waals surface area contributed by atoms with Gasteiger partial charge in [-0.2, -0.15) is 0 Å². The van der Waals surface area contributed by atoms with E-state index in [1.807, 2.05) is 0 Å². The molecule has 0 rings (SSSR count). The molecular formula is Cl2Si2. The molecule has 0 N–H and O–H groups in total. The summed E-state index contributed by atoms with van der Waals surface area (Å²) in [6.07, 6.45) is 0. The second-order valence-corrected chi connectivity index (χ2v) is 5.10. The molecule has 0 aliphatic rings. The maximum atomic E-state index is 5.09. The lowest BCUT2D eigenvalue weighted by Crippen LogP contribution is -1.43. The normalized spacial score (nSPS) is 3.50. The molecule has 0 bridgehead atoms. The fourth-order valence-corrected chi connectivity index (χ4v) is 0. The minimum atomic E-state index is 0.406. The smallest absolute Gasteiger partial charge is 0.0845 e. The van der Waals surface area contributed by atoms with Crippen molar-refractivity contribution in [3.8, 4) is 0 Å². The Labute approximate surface area is 38.1 Å². The first-order valence-electron chi connectivity index (χ1n) is 0.628. The van der Waals surface area contributed by atoms with Gasteiger partial charge in [-0.15, -0.1) is 0 Å². The Kier molecular flexibility index (Phi) is 5.03. The van der Waals surface area contributed by atoms with Crippen LogP contribution in [0.3, 0.4) is 0 Å². The van der Waals surface area contributed by atoms with E-state index < -0.39 is 0 Å². The third-order valence-corrected chi connectivity index (χ3v) is 2.89. The van der Waals surface area contributed by atoms with Crippen LogP contribution in [-0.2, 0) is 0 Å². The van der Waals surface area contributed by atoms with Crippen LogP contribution in [0.15, 0.2) is 0 Å². The molecule has 0 radical (unpaired) electrons. The highest BCUT2D eigenvalue weighted by atomic mass is 35.6. The predicted molar refractivity (Wildman–Crippen MR) is 23.2 cm³/mol. The van der Waals surface area contributed by atoms with Crippen molar-refractivity contribution in [3.63, 3.8) is 0 Å². The molecule has 0 heterocycles.